The van der Waals surface area contributed by atoms with Gasteiger partial charge in [-0.2, -0.15) is 0 Å². The summed E-state index contributed by atoms with van der Waals surface area (Å²) >= 11 is 3.43. The fourth-order valence-corrected chi connectivity index (χ4v) is 4.65. The van der Waals surface area contributed by atoms with E-state index in [1.165, 1.54) is 4.90 Å². The molecule has 4 nitrogen and oxygen atoms in total. The van der Waals surface area contributed by atoms with E-state index in [0.717, 1.165) is 22.9 Å². The van der Waals surface area contributed by atoms with Crippen molar-refractivity contribution in [2.24, 2.45) is 23.7 Å². The number of carbonyl (C=O) groups is 3. The molecule has 3 aliphatic carbocycles. The predicted molar refractivity (Wildman–Crippen MR) is 84.2 cm³/mol. The van der Waals surface area contributed by atoms with Crippen LogP contribution in [0.25, 0.3) is 0 Å². The lowest BCUT2D eigenvalue weighted by Crippen LogP contribution is -2.46. The molecule has 0 radical (unpaired) electrons. The normalized spacial score (nSPS) is 33.5. The number of rotatable bonds is 1. The van der Waals surface area contributed by atoms with Gasteiger partial charge in [0.1, 0.15) is 5.78 Å². The lowest BCUT2D eigenvalue weighted by atomic mass is 9.59. The Balaban J connectivity index is 1.77. The standard InChI is InChI=1S/C17H16BrNO3/c1-8-6-10(3-5-12(8)18)19-16(21)14-9-2-4-11(13(20)7-9)15(14)17(19)22/h3,5-6,9,11,14-15H,2,4,7H2,1H3/t9-,11+,14+,15-/m0/s1. The molecule has 1 saturated heterocycles. The van der Waals surface area contributed by atoms with Crippen LogP contribution in [-0.4, -0.2) is 17.6 Å². The van der Waals surface area contributed by atoms with E-state index >= 15 is 0 Å². The Labute approximate surface area is 137 Å². The summed E-state index contributed by atoms with van der Waals surface area (Å²) < 4.78 is 0.947. The van der Waals surface area contributed by atoms with Gasteiger partial charge in [-0.25, -0.2) is 0 Å². The molecule has 3 saturated carbocycles. The molecule has 1 aliphatic heterocycles. The number of carbonyl (C=O) groups excluding carboxylic acids is 3. The van der Waals surface area contributed by atoms with Crippen molar-refractivity contribution in [3.05, 3.63) is 28.2 Å². The number of ketones is 1. The number of hydrogen-bond donors (Lipinski definition) is 0. The monoisotopic (exact) mass is 361 g/mol. The first kappa shape index (κ1) is 14.1. The molecule has 0 spiro atoms. The number of fused-ring (bicyclic) bond motifs is 2. The van der Waals surface area contributed by atoms with Crippen molar-refractivity contribution in [3.8, 4) is 0 Å². The molecule has 22 heavy (non-hydrogen) atoms. The van der Waals surface area contributed by atoms with Crippen molar-refractivity contribution in [2.75, 3.05) is 4.90 Å². The van der Waals surface area contributed by atoms with Gasteiger partial charge in [0.25, 0.3) is 0 Å². The van der Waals surface area contributed by atoms with Gasteiger partial charge in [-0.15, -0.1) is 0 Å². The first-order valence-electron chi connectivity index (χ1n) is 7.65. The molecule has 4 aliphatic rings. The fraction of sp³-hybridized carbons (Fsp3) is 0.471. The summed E-state index contributed by atoms with van der Waals surface area (Å²) in [6.45, 7) is 1.93. The van der Waals surface area contributed by atoms with Gasteiger partial charge in [0, 0.05) is 16.8 Å². The van der Waals surface area contributed by atoms with Crippen LogP contribution in [0.3, 0.4) is 0 Å². The first-order chi connectivity index (χ1) is 10.5. The maximum atomic E-state index is 12.8. The van der Waals surface area contributed by atoms with Crippen LogP contribution in [0.2, 0.25) is 0 Å². The SMILES string of the molecule is Cc1cc(N2C(=O)[C@@H]3[C@H]4CC[C@H](C(=O)C4)[C@@H]3C2=O)ccc1Br. The van der Waals surface area contributed by atoms with Crippen LogP contribution < -0.4 is 4.90 Å². The van der Waals surface area contributed by atoms with Crippen molar-refractivity contribution < 1.29 is 14.4 Å². The molecule has 4 fully saturated rings. The highest BCUT2D eigenvalue weighted by molar-refractivity contribution is 9.10. The molecule has 0 N–H and O–H groups in total. The first-order valence-corrected chi connectivity index (χ1v) is 8.45. The number of anilines is 1. The van der Waals surface area contributed by atoms with Gasteiger partial charge >= 0.3 is 0 Å². The Hall–Kier alpha value is -1.49. The maximum Gasteiger partial charge on any atom is 0.238 e. The van der Waals surface area contributed by atoms with Gasteiger partial charge in [-0.1, -0.05) is 15.9 Å². The van der Waals surface area contributed by atoms with E-state index in [-0.39, 0.29) is 35.4 Å². The van der Waals surface area contributed by atoms with E-state index < -0.39 is 5.92 Å². The number of halogens is 1. The van der Waals surface area contributed by atoms with E-state index in [1.807, 2.05) is 19.1 Å². The lowest BCUT2D eigenvalue weighted by molar-refractivity contribution is -0.143. The smallest absolute Gasteiger partial charge is 0.238 e. The average molecular weight is 362 g/mol. The molecule has 2 bridgehead atoms. The molecule has 5 heteroatoms. The molecule has 0 unspecified atom stereocenters. The summed E-state index contributed by atoms with van der Waals surface area (Å²) in [7, 11) is 0. The zero-order valence-electron chi connectivity index (χ0n) is 12.2. The largest absolute Gasteiger partial charge is 0.299 e. The van der Waals surface area contributed by atoms with Crippen LogP contribution in [0.1, 0.15) is 24.8 Å². The number of Topliss-reactive ketones (excluding diaryl/α,β-unsaturated/α-hetero) is 1. The van der Waals surface area contributed by atoms with Gasteiger partial charge in [-0.05, 0) is 49.4 Å². The third-order valence-corrected chi connectivity index (χ3v) is 6.35. The summed E-state index contributed by atoms with van der Waals surface area (Å²) in [5.74, 6) is -1.01. The summed E-state index contributed by atoms with van der Waals surface area (Å²) in [6.07, 6.45) is 2.12. The molecular formula is C17H16BrNO3. The zero-order chi connectivity index (χ0) is 15.6. The minimum Gasteiger partial charge on any atom is -0.299 e. The molecule has 1 heterocycles. The van der Waals surface area contributed by atoms with E-state index in [0.29, 0.717) is 12.1 Å². The highest BCUT2D eigenvalue weighted by Crippen LogP contribution is 2.52. The molecule has 4 atom stereocenters. The van der Waals surface area contributed by atoms with Crippen LogP contribution in [0.15, 0.2) is 22.7 Å². The van der Waals surface area contributed by atoms with Crippen molar-refractivity contribution in [3.63, 3.8) is 0 Å². The Morgan fingerprint density at radius 3 is 2.50 bits per heavy atom. The molecular weight excluding hydrogens is 346 g/mol. The van der Waals surface area contributed by atoms with Crippen molar-refractivity contribution in [1.29, 1.82) is 0 Å². The molecule has 2 amide bonds. The van der Waals surface area contributed by atoms with Crippen LogP contribution in [0.5, 0.6) is 0 Å². The summed E-state index contributed by atoms with van der Waals surface area (Å²) in [6, 6.07) is 5.49. The summed E-state index contributed by atoms with van der Waals surface area (Å²) in [4.78, 5) is 39.1. The highest BCUT2D eigenvalue weighted by atomic mass is 79.9. The van der Waals surface area contributed by atoms with Crippen LogP contribution in [0, 0.1) is 30.6 Å². The highest BCUT2D eigenvalue weighted by Gasteiger charge is 2.60. The minimum atomic E-state index is -0.420. The number of aryl methyl sites for hydroxylation is 1. The van der Waals surface area contributed by atoms with Crippen molar-refractivity contribution in [1.82, 2.24) is 0 Å². The quantitative estimate of drug-likeness (QED) is 0.722. The Kier molecular flexibility index (Phi) is 3.05. The fourth-order valence-electron chi connectivity index (χ4n) is 4.41. The van der Waals surface area contributed by atoms with E-state index in [2.05, 4.69) is 15.9 Å². The molecule has 5 rings (SSSR count). The third kappa shape index (κ3) is 1.78. The van der Waals surface area contributed by atoms with Crippen LogP contribution in [-0.2, 0) is 14.4 Å². The Morgan fingerprint density at radius 1 is 1.09 bits per heavy atom. The number of hydrogen-bond acceptors (Lipinski definition) is 3. The average Bonchev–Trinajstić information content (AvgIpc) is 2.76. The Bertz CT molecular complexity index is 714. The number of amides is 2. The second kappa shape index (κ2) is 4.75. The Morgan fingerprint density at radius 2 is 1.82 bits per heavy atom. The topological polar surface area (TPSA) is 54.5 Å². The minimum absolute atomic E-state index is 0.0560. The molecule has 1 aromatic rings. The van der Waals surface area contributed by atoms with Gasteiger partial charge in [0.2, 0.25) is 11.8 Å². The molecule has 0 aromatic heterocycles. The summed E-state index contributed by atoms with van der Waals surface area (Å²) in [5, 5.41) is 0. The number of nitrogens with zero attached hydrogens (tertiary/aromatic N) is 1. The predicted octanol–water partition coefficient (Wildman–Crippen LogP) is 2.86. The van der Waals surface area contributed by atoms with E-state index in [1.54, 1.807) is 6.07 Å². The van der Waals surface area contributed by atoms with Gasteiger partial charge < -0.3 is 0 Å². The van der Waals surface area contributed by atoms with Gasteiger partial charge in [0.05, 0.1) is 17.5 Å². The number of benzene rings is 1. The maximum absolute atomic E-state index is 12.8. The third-order valence-electron chi connectivity index (χ3n) is 5.46. The second-order valence-corrected chi connectivity index (χ2v) is 7.47. The van der Waals surface area contributed by atoms with E-state index in [9.17, 15) is 14.4 Å². The van der Waals surface area contributed by atoms with E-state index in [4.69, 9.17) is 0 Å². The van der Waals surface area contributed by atoms with Crippen molar-refractivity contribution >= 4 is 39.2 Å². The van der Waals surface area contributed by atoms with Crippen LogP contribution in [0.4, 0.5) is 5.69 Å². The van der Waals surface area contributed by atoms with Crippen molar-refractivity contribution in [2.45, 2.75) is 26.2 Å². The summed E-state index contributed by atoms with van der Waals surface area (Å²) in [5.41, 5.74) is 1.60. The number of imide groups is 1. The zero-order valence-corrected chi connectivity index (χ0v) is 13.8. The van der Waals surface area contributed by atoms with Gasteiger partial charge in [-0.3, -0.25) is 19.3 Å². The van der Waals surface area contributed by atoms with Crippen LogP contribution >= 0.6 is 15.9 Å². The lowest BCUT2D eigenvalue weighted by Gasteiger charge is -2.41. The molecule has 114 valence electrons. The molecule has 1 aromatic carbocycles. The second-order valence-electron chi connectivity index (χ2n) is 6.61. The van der Waals surface area contributed by atoms with Gasteiger partial charge in [0.15, 0.2) is 0 Å².